The molecule has 8 atom stereocenters. The van der Waals surface area contributed by atoms with Gasteiger partial charge in [0, 0.05) is 0 Å². The van der Waals surface area contributed by atoms with Crippen LogP contribution in [0.25, 0.3) is 0 Å². The molecule has 5 aliphatic carbocycles. The van der Waals surface area contributed by atoms with Gasteiger partial charge in [-0.2, -0.15) is 0 Å². The molecule has 0 aromatic heterocycles. The van der Waals surface area contributed by atoms with Crippen molar-refractivity contribution in [2.75, 3.05) is 14.2 Å². The minimum absolute atomic E-state index is 0.0837. The van der Waals surface area contributed by atoms with Crippen molar-refractivity contribution in [1.29, 1.82) is 0 Å². The number of rotatable bonds is 4. The van der Waals surface area contributed by atoms with Gasteiger partial charge in [0.25, 0.3) is 0 Å². The maximum Gasteiger partial charge on any atom is 0.323 e. The first-order valence-corrected chi connectivity index (χ1v) is 10.8. The summed E-state index contributed by atoms with van der Waals surface area (Å²) in [6.07, 6.45) is 5.38. The van der Waals surface area contributed by atoms with Crippen molar-refractivity contribution < 1.29 is 19.1 Å². The molecular weight excluding hydrogens is 352 g/mol. The van der Waals surface area contributed by atoms with Crippen LogP contribution in [-0.4, -0.2) is 26.2 Å². The zero-order valence-corrected chi connectivity index (χ0v) is 16.6. The van der Waals surface area contributed by atoms with Gasteiger partial charge in [-0.1, -0.05) is 30.3 Å². The van der Waals surface area contributed by atoms with E-state index in [0.29, 0.717) is 30.6 Å². The highest BCUT2D eigenvalue weighted by molar-refractivity contribution is 6.01. The van der Waals surface area contributed by atoms with Crippen LogP contribution < -0.4 is 0 Å². The molecule has 0 spiro atoms. The van der Waals surface area contributed by atoms with Crippen LogP contribution in [-0.2, 0) is 19.1 Å². The van der Waals surface area contributed by atoms with Gasteiger partial charge in [0.1, 0.15) is 0 Å². The molecule has 0 radical (unpaired) electrons. The van der Waals surface area contributed by atoms with Crippen LogP contribution in [0.3, 0.4) is 0 Å². The molecule has 1 aromatic carbocycles. The number of fused-ring (bicyclic) bond motifs is 6. The van der Waals surface area contributed by atoms with Crippen LogP contribution >= 0.6 is 0 Å². The molecule has 4 heteroatoms. The van der Waals surface area contributed by atoms with Gasteiger partial charge >= 0.3 is 11.9 Å². The second kappa shape index (κ2) is 5.40. The standard InChI is InChI=1S/C24H28O4/c1-27-21(25)23(22(26)28-2)11-16-19(13-6-4-3-5-7-13)24(16,12-23)20-17-14-8-9-15(10-14)18(17)20/h3-7,14-20H,8-12H2,1-2H3/t14-,15+,16-,17?,18?,19-,20?,24+/m1/s1. The molecule has 148 valence electrons. The molecule has 1 aromatic rings. The number of hydrogen-bond donors (Lipinski definition) is 0. The Labute approximate surface area is 166 Å². The lowest BCUT2D eigenvalue weighted by Gasteiger charge is -2.30. The van der Waals surface area contributed by atoms with E-state index in [2.05, 4.69) is 30.3 Å². The number of hydrogen-bond acceptors (Lipinski definition) is 4. The van der Waals surface area contributed by atoms with E-state index in [4.69, 9.17) is 9.47 Å². The summed E-state index contributed by atoms with van der Waals surface area (Å²) in [6.45, 7) is 0. The van der Waals surface area contributed by atoms with Gasteiger partial charge in [0.15, 0.2) is 5.41 Å². The van der Waals surface area contributed by atoms with Gasteiger partial charge in [-0.15, -0.1) is 0 Å². The van der Waals surface area contributed by atoms with Crippen LogP contribution in [0.5, 0.6) is 0 Å². The predicted octanol–water partition coefficient (Wildman–Crippen LogP) is 3.80. The number of esters is 2. The molecule has 6 rings (SSSR count). The lowest BCUT2D eigenvalue weighted by atomic mass is 9.74. The Morgan fingerprint density at radius 1 is 0.964 bits per heavy atom. The molecule has 28 heavy (non-hydrogen) atoms. The minimum atomic E-state index is -1.10. The summed E-state index contributed by atoms with van der Waals surface area (Å²) in [5, 5.41) is 0. The summed E-state index contributed by atoms with van der Waals surface area (Å²) in [6, 6.07) is 10.8. The van der Waals surface area contributed by atoms with Gasteiger partial charge in [0.2, 0.25) is 0 Å². The monoisotopic (exact) mass is 380 g/mol. The number of benzene rings is 1. The van der Waals surface area contributed by atoms with E-state index >= 15 is 0 Å². The van der Waals surface area contributed by atoms with Crippen molar-refractivity contribution in [1.82, 2.24) is 0 Å². The maximum atomic E-state index is 12.8. The first-order valence-electron chi connectivity index (χ1n) is 10.8. The quantitative estimate of drug-likeness (QED) is 0.589. The predicted molar refractivity (Wildman–Crippen MR) is 102 cm³/mol. The molecule has 0 aliphatic heterocycles. The van der Waals surface area contributed by atoms with Crippen LogP contribution in [0.15, 0.2) is 30.3 Å². The lowest BCUT2D eigenvalue weighted by Crippen LogP contribution is -2.41. The molecule has 5 aliphatic rings. The van der Waals surface area contributed by atoms with Crippen molar-refractivity contribution in [3.8, 4) is 0 Å². The Hall–Kier alpha value is -1.84. The third-order valence-electron chi connectivity index (χ3n) is 9.41. The zero-order chi connectivity index (χ0) is 19.3. The Kier molecular flexibility index (Phi) is 3.29. The number of ether oxygens (including phenoxy) is 2. The average molecular weight is 380 g/mol. The summed E-state index contributed by atoms with van der Waals surface area (Å²) in [5.41, 5.74) is 0.364. The van der Waals surface area contributed by atoms with Crippen molar-refractivity contribution in [2.45, 2.75) is 38.0 Å². The molecule has 0 saturated heterocycles. The number of methoxy groups -OCH3 is 2. The minimum Gasteiger partial charge on any atom is -0.468 e. The largest absolute Gasteiger partial charge is 0.468 e. The van der Waals surface area contributed by atoms with Crippen LogP contribution in [0, 0.1) is 46.3 Å². The molecule has 3 unspecified atom stereocenters. The number of carbonyl (C=O) groups is 2. The van der Waals surface area contributed by atoms with E-state index < -0.39 is 17.4 Å². The summed E-state index contributed by atoms with van der Waals surface area (Å²) in [7, 11) is 2.79. The molecule has 4 nitrogen and oxygen atoms in total. The van der Waals surface area contributed by atoms with E-state index in [1.54, 1.807) is 0 Å². The highest BCUT2D eigenvalue weighted by atomic mass is 16.5. The fraction of sp³-hybridized carbons (Fsp3) is 0.667. The first-order chi connectivity index (χ1) is 13.6. The van der Waals surface area contributed by atoms with Crippen molar-refractivity contribution >= 4 is 11.9 Å². The molecule has 0 amide bonds. The van der Waals surface area contributed by atoms with E-state index in [9.17, 15) is 9.59 Å². The molecule has 0 N–H and O–H groups in total. The summed E-state index contributed by atoms with van der Waals surface area (Å²) >= 11 is 0. The van der Waals surface area contributed by atoms with Crippen LogP contribution in [0.1, 0.15) is 43.6 Å². The fourth-order valence-corrected chi connectivity index (χ4v) is 8.66. The molecule has 5 fully saturated rings. The Morgan fingerprint density at radius 2 is 1.57 bits per heavy atom. The van der Waals surface area contributed by atoms with E-state index in [0.717, 1.165) is 23.7 Å². The normalized spacial score (nSPS) is 45.9. The molecule has 5 saturated carbocycles. The van der Waals surface area contributed by atoms with Crippen molar-refractivity contribution in [3.05, 3.63) is 35.9 Å². The van der Waals surface area contributed by atoms with E-state index in [-0.39, 0.29) is 5.41 Å². The van der Waals surface area contributed by atoms with Gasteiger partial charge in [-0.3, -0.25) is 9.59 Å². The summed E-state index contributed by atoms with van der Waals surface area (Å²) in [4.78, 5) is 25.6. The fourth-order valence-electron chi connectivity index (χ4n) is 8.66. The molecular formula is C24H28O4. The van der Waals surface area contributed by atoms with Gasteiger partial charge in [-0.25, -0.2) is 0 Å². The second-order valence-corrected chi connectivity index (χ2v) is 10.1. The van der Waals surface area contributed by atoms with Gasteiger partial charge in [-0.05, 0) is 84.5 Å². The summed E-state index contributed by atoms with van der Waals surface area (Å²) in [5.74, 6) is 4.20. The Bertz CT molecular complexity index is 815. The van der Waals surface area contributed by atoms with Crippen molar-refractivity contribution in [3.63, 3.8) is 0 Å². The number of carbonyl (C=O) groups excluding carboxylic acids is 2. The zero-order valence-electron chi connectivity index (χ0n) is 16.6. The Balaban J connectivity index is 1.40. The maximum absolute atomic E-state index is 12.8. The van der Waals surface area contributed by atoms with Crippen molar-refractivity contribution in [2.24, 2.45) is 46.3 Å². The average Bonchev–Trinajstić information content (AvgIpc) is 3.41. The third-order valence-corrected chi connectivity index (χ3v) is 9.41. The van der Waals surface area contributed by atoms with Crippen LogP contribution in [0.2, 0.25) is 0 Å². The highest BCUT2D eigenvalue weighted by Gasteiger charge is 2.85. The topological polar surface area (TPSA) is 52.6 Å². The molecule has 2 bridgehead atoms. The highest BCUT2D eigenvalue weighted by Crippen LogP contribution is 2.89. The van der Waals surface area contributed by atoms with E-state index in [1.165, 1.54) is 39.0 Å². The first kappa shape index (κ1) is 17.1. The second-order valence-electron chi connectivity index (χ2n) is 10.1. The molecule has 0 heterocycles. The third kappa shape index (κ3) is 1.83. The lowest BCUT2D eigenvalue weighted by molar-refractivity contribution is -0.170. The van der Waals surface area contributed by atoms with Gasteiger partial charge in [0.05, 0.1) is 14.2 Å². The Morgan fingerprint density at radius 3 is 2.14 bits per heavy atom. The van der Waals surface area contributed by atoms with Crippen LogP contribution in [0.4, 0.5) is 0 Å². The van der Waals surface area contributed by atoms with E-state index in [1.807, 2.05) is 0 Å². The SMILES string of the molecule is COC(=O)C1(C(=O)OC)C[C@@H]2[C@@H](c3ccccc3)[C@]2(C2C3C2[C@H]2CC[C@@H]3C2)C1. The smallest absolute Gasteiger partial charge is 0.323 e. The summed E-state index contributed by atoms with van der Waals surface area (Å²) < 4.78 is 10.2. The van der Waals surface area contributed by atoms with Gasteiger partial charge < -0.3 is 9.47 Å².